The van der Waals surface area contributed by atoms with E-state index in [0.29, 0.717) is 0 Å². The molecule has 5 nitrogen and oxygen atoms in total. The lowest BCUT2D eigenvalue weighted by molar-refractivity contribution is -0.150. The maximum atomic E-state index is 12.3. The van der Waals surface area contributed by atoms with Gasteiger partial charge in [0.25, 0.3) is 0 Å². The van der Waals surface area contributed by atoms with Crippen molar-refractivity contribution in [3.8, 4) is 0 Å². The van der Waals surface area contributed by atoms with E-state index in [9.17, 15) is 9.59 Å². The third-order valence-corrected chi connectivity index (χ3v) is 3.52. The minimum atomic E-state index is -0.999. The lowest BCUT2D eigenvalue weighted by atomic mass is 9.77. The Morgan fingerprint density at radius 1 is 1.39 bits per heavy atom. The van der Waals surface area contributed by atoms with Crippen LogP contribution >= 0.6 is 0 Å². The highest BCUT2D eigenvalue weighted by Gasteiger charge is 2.40. The lowest BCUT2D eigenvalue weighted by Crippen LogP contribution is -2.61. The van der Waals surface area contributed by atoms with E-state index in [-0.39, 0.29) is 17.4 Å². The van der Waals surface area contributed by atoms with Crippen LogP contribution in [0.1, 0.15) is 40.5 Å². The average Bonchev–Trinajstić information content (AvgIpc) is 2.26. The Hall–Kier alpha value is -1.10. The lowest BCUT2D eigenvalue weighted by Gasteiger charge is -2.39. The second-order valence-electron chi connectivity index (χ2n) is 6.09. The van der Waals surface area contributed by atoms with Crippen molar-refractivity contribution in [3.63, 3.8) is 0 Å². The molecule has 0 radical (unpaired) electrons. The first-order valence-corrected chi connectivity index (χ1v) is 6.34. The van der Waals surface area contributed by atoms with Crippen LogP contribution in [0.15, 0.2) is 0 Å². The number of rotatable bonds is 3. The van der Waals surface area contributed by atoms with Gasteiger partial charge in [0.2, 0.25) is 5.91 Å². The third-order valence-electron chi connectivity index (χ3n) is 3.52. The summed E-state index contributed by atoms with van der Waals surface area (Å²) in [5.41, 5.74) is -1.10. The van der Waals surface area contributed by atoms with E-state index in [1.807, 2.05) is 0 Å². The number of ether oxygens (including phenoxy) is 1. The van der Waals surface area contributed by atoms with Gasteiger partial charge in [-0.3, -0.25) is 4.79 Å². The molecule has 0 aromatic heterocycles. The minimum absolute atomic E-state index is 0.103. The molecule has 0 aromatic rings. The molecule has 1 fully saturated rings. The van der Waals surface area contributed by atoms with E-state index in [0.717, 1.165) is 19.4 Å². The fraction of sp³-hybridized carbons (Fsp3) is 0.846. The first kappa shape index (κ1) is 15.0. The number of hydrogen-bond acceptors (Lipinski definition) is 4. The van der Waals surface area contributed by atoms with Gasteiger partial charge >= 0.3 is 5.97 Å². The largest absolute Gasteiger partial charge is 0.467 e. The van der Waals surface area contributed by atoms with Gasteiger partial charge in [0, 0.05) is 0 Å². The van der Waals surface area contributed by atoms with Crippen LogP contribution in [0, 0.1) is 5.41 Å². The molecule has 104 valence electrons. The first-order chi connectivity index (χ1) is 8.20. The van der Waals surface area contributed by atoms with Gasteiger partial charge in [0.15, 0.2) is 0 Å². The van der Waals surface area contributed by atoms with Crippen LogP contribution < -0.4 is 10.6 Å². The molecule has 0 bridgehead atoms. The molecule has 1 atom stereocenters. The molecular formula is C13H24N2O3. The molecule has 0 spiro atoms. The van der Waals surface area contributed by atoms with Crippen LogP contribution in [-0.2, 0) is 14.3 Å². The first-order valence-electron chi connectivity index (χ1n) is 6.34. The standard InChI is InChI=1S/C13H24N2O3/c1-12(2)7-6-8-14-9(12)10(16)15-13(3,4)11(17)18-5/h9,14H,6-8H2,1-5H3,(H,15,16). The normalized spacial score (nSPS) is 23.3. The van der Waals surface area contributed by atoms with E-state index >= 15 is 0 Å². The Balaban J connectivity index is 2.73. The van der Waals surface area contributed by atoms with E-state index in [1.54, 1.807) is 13.8 Å². The van der Waals surface area contributed by atoms with E-state index in [4.69, 9.17) is 0 Å². The van der Waals surface area contributed by atoms with Crippen molar-refractivity contribution in [1.29, 1.82) is 0 Å². The van der Waals surface area contributed by atoms with Crippen molar-refractivity contribution < 1.29 is 14.3 Å². The van der Waals surface area contributed by atoms with Gasteiger partial charge in [-0.25, -0.2) is 4.79 Å². The van der Waals surface area contributed by atoms with Crippen LogP contribution in [-0.4, -0.2) is 37.1 Å². The topological polar surface area (TPSA) is 67.4 Å². The van der Waals surface area contributed by atoms with Crippen molar-refractivity contribution in [2.24, 2.45) is 5.41 Å². The van der Waals surface area contributed by atoms with Crippen molar-refractivity contribution in [1.82, 2.24) is 10.6 Å². The van der Waals surface area contributed by atoms with Gasteiger partial charge < -0.3 is 15.4 Å². The van der Waals surface area contributed by atoms with Crippen LogP contribution in [0.3, 0.4) is 0 Å². The summed E-state index contributed by atoms with van der Waals surface area (Å²) in [5, 5.41) is 5.98. The van der Waals surface area contributed by atoms with Gasteiger partial charge in [0.1, 0.15) is 5.54 Å². The maximum absolute atomic E-state index is 12.3. The molecule has 1 aliphatic rings. The third kappa shape index (κ3) is 3.22. The van der Waals surface area contributed by atoms with E-state index < -0.39 is 11.5 Å². The second kappa shape index (κ2) is 5.26. The maximum Gasteiger partial charge on any atom is 0.330 e. The molecule has 0 aromatic carbocycles. The van der Waals surface area contributed by atoms with Crippen LogP contribution in [0.5, 0.6) is 0 Å². The average molecular weight is 256 g/mol. The SMILES string of the molecule is COC(=O)C(C)(C)NC(=O)C1NCCCC1(C)C. The summed E-state index contributed by atoms with van der Waals surface area (Å²) >= 11 is 0. The number of piperidine rings is 1. The summed E-state index contributed by atoms with van der Waals surface area (Å²) in [6.45, 7) is 8.25. The monoisotopic (exact) mass is 256 g/mol. The van der Waals surface area contributed by atoms with Gasteiger partial charge in [-0.15, -0.1) is 0 Å². The Labute approximate surface area is 109 Å². The van der Waals surface area contributed by atoms with Gasteiger partial charge in [-0.2, -0.15) is 0 Å². The summed E-state index contributed by atoms with van der Waals surface area (Å²) in [5.74, 6) is -0.584. The molecule has 0 aliphatic carbocycles. The summed E-state index contributed by atoms with van der Waals surface area (Å²) in [4.78, 5) is 23.8. The number of carbonyl (C=O) groups is 2. The molecule has 1 amide bonds. The van der Waals surface area contributed by atoms with Crippen molar-refractivity contribution in [3.05, 3.63) is 0 Å². The smallest absolute Gasteiger partial charge is 0.330 e. The number of methoxy groups -OCH3 is 1. The van der Waals surface area contributed by atoms with Gasteiger partial charge in [0.05, 0.1) is 13.2 Å². The Bertz CT molecular complexity index is 337. The summed E-state index contributed by atoms with van der Waals surface area (Å²) in [6, 6.07) is -0.268. The fourth-order valence-electron chi connectivity index (χ4n) is 2.34. The molecule has 18 heavy (non-hydrogen) atoms. The van der Waals surface area contributed by atoms with Crippen LogP contribution in [0.2, 0.25) is 0 Å². The zero-order valence-electron chi connectivity index (χ0n) is 11.9. The summed E-state index contributed by atoms with van der Waals surface area (Å²) in [7, 11) is 1.32. The number of amides is 1. The molecule has 1 heterocycles. The molecule has 2 N–H and O–H groups in total. The molecule has 0 saturated carbocycles. The zero-order valence-corrected chi connectivity index (χ0v) is 11.9. The molecule has 5 heteroatoms. The Morgan fingerprint density at radius 2 is 2.00 bits per heavy atom. The van der Waals surface area contributed by atoms with Gasteiger partial charge in [-0.1, -0.05) is 13.8 Å². The van der Waals surface area contributed by atoms with E-state index in [2.05, 4.69) is 29.2 Å². The fourth-order valence-corrected chi connectivity index (χ4v) is 2.34. The number of nitrogens with one attached hydrogen (secondary N) is 2. The molecule has 1 aliphatic heterocycles. The van der Waals surface area contributed by atoms with Crippen molar-refractivity contribution >= 4 is 11.9 Å². The molecular weight excluding hydrogens is 232 g/mol. The highest BCUT2D eigenvalue weighted by atomic mass is 16.5. The highest BCUT2D eigenvalue weighted by molar-refractivity contribution is 5.90. The minimum Gasteiger partial charge on any atom is -0.467 e. The highest BCUT2D eigenvalue weighted by Crippen LogP contribution is 2.30. The van der Waals surface area contributed by atoms with E-state index in [1.165, 1.54) is 7.11 Å². The summed E-state index contributed by atoms with van der Waals surface area (Å²) < 4.78 is 4.68. The number of carbonyl (C=O) groups excluding carboxylic acids is 2. The predicted molar refractivity (Wildman–Crippen MR) is 69.0 cm³/mol. The second-order valence-corrected chi connectivity index (χ2v) is 6.09. The molecule has 1 unspecified atom stereocenters. The molecule has 1 rings (SSSR count). The van der Waals surface area contributed by atoms with Crippen LogP contribution in [0.4, 0.5) is 0 Å². The van der Waals surface area contributed by atoms with Crippen LogP contribution in [0.25, 0.3) is 0 Å². The predicted octanol–water partition coefficient (Wildman–Crippen LogP) is 0.832. The van der Waals surface area contributed by atoms with Crippen molar-refractivity contribution in [2.75, 3.05) is 13.7 Å². The molecule has 1 saturated heterocycles. The quantitative estimate of drug-likeness (QED) is 0.734. The van der Waals surface area contributed by atoms with Crippen molar-refractivity contribution in [2.45, 2.75) is 52.1 Å². The number of esters is 1. The Morgan fingerprint density at radius 3 is 2.50 bits per heavy atom. The van der Waals surface area contributed by atoms with Gasteiger partial charge in [-0.05, 0) is 38.6 Å². The Kier molecular flexibility index (Phi) is 4.37. The summed E-state index contributed by atoms with van der Waals surface area (Å²) in [6.07, 6.45) is 2.06. The zero-order chi connectivity index (χ0) is 14.0. The number of hydrogen-bond donors (Lipinski definition) is 2.